The van der Waals surface area contributed by atoms with Crippen LogP contribution in [0.2, 0.25) is 20.1 Å². The molecule has 1 N–H and O–H groups in total. The molecule has 208 valence electrons. The molecule has 2 aliphatic rings. The number of benzene rings is 2. The first-order valence-corrected chi connectivity index (χ1v) is 12.8. The molecule has 7 nitrogen and oxygen atoms in total. The zero-order valence-electron chi connectivity index (χ0n) is 20.3. The highest BCUT2D eigenvalue weighted by molar-refractivity contribution is 6.38. The average Bonchev–Trinajstić information content (AvgIpc) is 3.31. The summed E-state index contributed by atoms with van der Waals surface area (Å²) in [5, 5.41) is 2.52. The van der Waals surface area contributed by atoms with Crippen LogP contribution in [0.3, 0.4) is 0 Å². The molecule has 0 bridgehead atoms. The molecule has 2 amide bonds. The molecular formula is C25H20Cl4F3N3O4. The molecule has 1 fully saturated rings. The molecular weight excluding hydrogens is 605 g/mol. The van der Waals surface area contributed by atoms with Gasteiger partial charge >= 0.3 is 12.1 Å². The number of halogens is 7. The second kappa shape index (κ2) is 10.5. The third kappa shape index (κ3) is 4.86. The van der Waals surface area contributed by atoms with E-state index in [0.29, 0.717) is 0 Å². The van der Waals surface area contributed by atoms with Crippen LogP contribution < -0.4 is 15.1 Å². The van der Waals surface area contributed by atoms with Gasteiger partial charge in [0.25, 0.3) is 5.91 Å². The maximum Gasteiger partial charge on any atom is 0.404 e. The van der Waals surface area contributed by atoms with E-state index in [1.807, 2.05) is 0 Å². The minimum Gasteiger partial charge on any atom is -0.461 e. The van der Waals surface area contributed by atoms with E-state index in [9.17, 15) is 27.6 Å². The number of rotatable bonds is 5. The number of hydrogen-bond acceptors (Lipinski definition) is 5. The van der Waals surface area contributed by atoms with Crippen molar-refractivity contribution in [2.45, 2.75) is 17.8 Å². The number of likely N-dealkylation sites (N-methyl/N-ethyl adjacent to an activating group) is 1. The standard InChI is InChI=1S/C25H20Cl4F3N3O4/c1-4-5-39-22(37)18-17(21(36)34(2)14-7-11(26)6-12(27)8-14)20(25(30,31)32)33-24(18)15-9-13(28)10-16(29)19(15)35(3)23(24)38/h4,6-10,17-18,20,33H,1,5H2,2-3H3/t17-,18-,20+,24?/m1/s1. The molecule has 0 radical (unpaired) electrons. The Kier molecular flexibility index (Phi) is 7.92. The first kappa shape index (κ1) is 29.5. The van der Waals surface area contributed by atoms with Crippen molar-refractivity contribution in [1.29, 1.82) is 0 Å². The summed E-state index contributed by atoms with van der Waals surface area (Å²) in [7, 11) is 2.50. The van der Waals surface area contributed by atoms with E-state index in [1.165, 1.54) is 50.5 Å². The largest absolute Gasteiger partial charge is 0.461 e. The third-order valence-corrected chi connectivity index (χ3v) is 7.74. The number of esters is 1. The van der Waals surface area contributed by atoms with Gasteiger partial charge in [0.1, 0.15) is 24.1 Å². The Morgan fingerprint density at radius 3 is 2.28 bits per heavy atom. The molecule has 1 spiro atoms. The molecule has 2 heterocycles. The fourth-order valence-corrected chi connectivity index (χ4v) is 6.36. The van der Waals surface area contributed by atoms with Crippen LogP contribution in [0, 0.1) is 11.8 Å². The zero-order valence-corrected chi connectivity index (χ0v) is 23.3. The molecule has 0 saturated carbocycles. The van der Waals surface area contributed by atoms with Gasteiger partial charge in [-0.05, 0) is 30.3 Å². The van der Waals surface area contributed by atoms with Gasteiger partial charge in [0.2, 0.25) is 5.91 Å². The maximum absolute atomic E-state index is 14.6. The SMILES string of the molecule is C=CCOC(=O)[C@H]1[C@@H](C(=O)N(C)c2cc(Cl)cc(Cl)c2)[C@@H](C(F)(F)F)NC12C(=O)N(C)c1c(Cl)cc(Cl)cc12. The molecule has 39 heavy (non-hydrogen) atoms. The minimum atomic E-state index is -5.09. The summed E-state index contributed by atoms with van der Waals surface area (Å²) < 4.78 is 49.1. The van der Waals surface area contributed by atoms with Gasteiger partial charge in [-0.15, -0.1) is 0 Å². The number of alkyl halides is 3. The van der Waals surface area contributed by atoms with Crippen molar-refractivity contribution in [3.8, 4) is 0 Å². The highest BCUT2D eigenvalue weighted by Gasteiger charge is 2.72. The number of fused-ring (bicyclic) bond motifs is 2. The van der Waals surface area contributed by atoms with Crippen molar-refractivity contribution in [3.05, 3.63) is 68.6 Å². The van der Waals surface area contributed by atoms with E-state index in [1.54, 1.807) is 0 Å². The van der Waals surface area contributed by atoms with Crippen LogP contribution in [-0.4, -0.2) is 50.7 Å². The smallest absolute Gasteiger partial charge is 0.404 e. The van der Waals surface area contributed by atoms with Gasteiger partial charge in [0, 0.05) is 40.4 Å². The Bertz CT molecular complexity index is 1370. The number of carbonyl (C=O) groups is 3. The highest BCUT2D eigenvalue weighted by Crippen LogP contribution is 2.56. The lowest BCUT2D eigenvalue weighted by molar-refractivity contribution is -0.170. The number of nitrogens with one attached hydrogen (secondary N) is 1. The Balaban J connectivity index is 1.97. The number of ether oxygens (including phenoxy) is 1. The minimum absolute atomic E-state index is 0.00487. The fraction of sp³-hybridized carbons (Fsp3) is 0.320. The summed E-state index contributed by atoms with van der Waals surface area (Å²) in [5.41, 5.74) is -2.36. The summed E-state index contributed by atoms with van der Waals surface area (Å²) in [4.78, 5) is 43.1. The second-order valence-corrected chi connectivity index (χ2v) is 10.8. The second-order valence-electron chi connectivity index (χ2n) is 9.07. The monoisotopic (exact) mass is 623 g/mol. The lowest BCUT2D eigenvalue weighted by atomic mass is 9.74. The van der Waals surface area contributed by atoms with Crippen LogP contribution >= 0.6 is 46.4 Å². The van der Waals surface area contributed by atoms with Crippen LogP contribution in [0.4, 0.5) is 24.5 Å². The normalized spacial score (nSPS) is 24.2. The van der Waals surface area contributed by atoms with Crippen LogP contribution in [0.1, 0.15) is 5.56 Å². The highest BCUT2D eigenvalue weighted by atomic mass is 35.5. The van der Waals surface area contributed by atoms with Gasteiger partial charge < -0.3 is 14.5 Å². The van der Waals surface area contributed by atoms with Crippen molar-refractivity contribution in [2.24, 2.45) is 11.8 Å². The predicted molar refractivity (Wildman–Crippen MR) is 143 cm³/mol. The quantitative estimate of drug-likeness (QED) is 0.345. The van der Waals surface area contributed by atoms with Crippen molar-refractivity contribution in [2.75, 3.05) is 30.5 Å². The van der Waals surface area contributed by atoms with E-state index >= 15 is 0 Å². The summed E-state index contributed by atoms with van der Waals surface area (Å²) in [6, 6.07) is 3.92. The van der Waals surface area contributed by atoms with Crippen molar-refractivity contribution >= 4 is 75.6 Å². The van der Waals surface area contributed by atoms with Crippen LogP contribution in [0.15, 0.2) is 43.0 Å². The number of anilines is 2. The summed E-state index contributed by atoms with van der Waals surface area (Å²) in [6.07, 6.45) is -3.88. The Hall–Kier alpha value is -2.50. The molecule has 0 aliphatic carbocycles. The number of hydrogen-bond donors (Lipinski definition) is 1. The number of amides is 2. The molecule has 4 atom stereocenters. The van der Waals surface area contributed by atoms with E-state index < -0.39 is 47.4 Å². The Morgan fingerprint density at radius 2 is 1.72 bits per heavy atom. The van der Waals surface area contributed by atoms with Gasteiger partial charge in [-0.3, -0.25) is 19.7 Å². The first-order valence-electron chi connectivity index (χ1n) is 11.3. The van der Waals surface area contributed by atoms with Crippen molar-refractivity contribution < 1.29 is 32.3 Å². The van der Waals surface area contributed by atoms with Gasteiger partial charge in [-0.1, -0.05) is 59.1 Å². The fourth-order valence-electron chi connectivity index (χ4n) is 5.22. The molecule has 1 saturated heterocycles. The molecule has 2 aliphatic heterocycles. The topological polar surface area (TPSA) is 79.0 Å². The van der Waals surface area contributed by atoms with E-state index in [-0.39, 0.29) is 43.6 Å². The van der Waals surface area contributed by atoms with E-state index in [0.717, 1.165) is 9.80 Å². The Morgan fingerprint density at radius 1 is 1.13 bits per heavy atom. The summed E-state index contributed by atoms with van der Waals surface area (Å²) in [5.74, 6) is -7.46. The van der Waals surface area contributed by atoms with Crippen molar-refractivity contribution in [3.63, 3.8) is 0 Å². The first-order chi connectivity index (χ1) is 18.1. The number of carbonyl (C=O) groups excluding carboxylic acids is 3. The molecule has 0 aromatic heterocycles. The summed E-state index contributed by atoms with van der Waals surface area (Å²) >= 11 is 24.6. The van der Waals surface area contributed by atoms with Crippen molar-refractivity contribution in [1.82, 2.24) is 5.32 Å². The Labute approximate surface area is 241 Å². The molecule has 1 unspecified atom stereocenters. The van der Waals surface area contributed by atoms with Crippen LogP contribution in [0.5, 0.6) is 0 Å². The number of nitrogens with zero attached hydrogens (tertiary/aromatic N) is 2. The lowest BCUT2D eigenvalue weighted by Crippen LogP contribution is -2.55. The van der Waals surface area contributed by atoms with Crippen LogP contribution in [-0.2, 0) is 24.7 Å². The average molecular weight is 625 g/mol. The lowest BCUT2D eigenvalue weighted by Gasteiger charge is -2.31. The van der Waals surface area contributed by atoms with Gasteiger partial charge in [-0.2, -0.15) is 13.2 Å². The van der Waals surface area contributed by atoms with E-state index in [2.05, 4.69) is 11.9 Å². The van der Waals surface area contributed by atoms with E-state index in [4.69, 9.17) is 51.1 Å². The third-order valence-electron chi connectivity index (χ3n) is 6.80. The predicted octanol–water partition coefficient (Wildman–Crippen LogP) is 5.63. The van der Waals surface area contributed by atoms with Gasteiger partial charge in [0.15, 0.2) is 0 Å². The maximum atomic E-state index is 14.6. The summed E-state index contributed by atoms with van der Waals surface area (Å²) in [6.45, 7) is 3.07. The molecule has 2 aromatic rings. The van der Waals surface area contributed by atoms with Gasteiger partial charge in [0.05, 0.1) is 16.6 Å². The molecule has 4 rings (SSSR count). The zero-order chi connectivity index (χ0) is 29.0. The van der Waals surface area contributed by atoms with Gasteiger partial charge in [-0.25, -0.2) is 0 Å². The molecule has 14 heteroatoms. The van der Waals surface area contributed by atoms with Crippen LogP contribution in [0.25, 0.3) is 0 Å². The molecule has 2 aromatic carbocycles.